The second-order valence-corrected chi connectivity index (χ2v) is 5.92. The second-order valence-electron chi connectivity index (χ2n) is 5.92. The summed E-state index contributed by atoms with van der Waals surface area (Å²) in [5.41, 5.74) is 0. The first-order valence-electron chi connectivity index (χ1n) is 8.29. The van der Waals surface area contributed by atoms with Crippen LogP contribution in [-0.2, 0) is 0 Å². The van der Waals surface area contributed by atoms with E-state index < -0.39 is 0 Å². The molecule has 1 N–H and O–H groups in total. The fraction of sp³-hybridized carbons (Fsp3) is 1.00. The summed E-state index contributed by atoms with van der Waals surface area (Å²) in [4.78, 5) is 2.65. The van der Waals surface area contributed by atoms with Crippen LogP contribution in [0.4, 0.5) is 0 Å². The predicted molar refractivity (Wildman–Crippen MR) is 81.1 cm³/mol. The molecule has 0 saturated carbocycles. The van der Waals surface area contributed by atoms with Gasteiger partial charge in [-0.15, -0.1) is 0 Å². The monoisotopic (exact) mass is 254 g/mol. The van der Waals surface area contributed by atoms with Crippen molar-refractivity contribution in [2.75, 3.05) is 26.2 Å². The van der Waals surface area contributed by atoms with Crippen molar-refractivity contribution in [1.82, 2.24) is 10.2 Å². The molecule has 2 heteroatoms. The number of likely N-dealkylation sites (tertiary alicyclic amines) is 1. The lowest BCUT2D eigenvalue weighted by Gasteiger charge is -2.32. The van der Waals surface area contributed by atoms with E-state index in [9.17, 15) is 0 Å². The quantitative estimate of drug-likeness (QED) is 0.596. The molecule has 0 radical (unpaired) electrons. The Hall–Kier alpha value is -0.0800. The molecule has 0 aromatic heterocycles. The van der Waals surface area contributed by atoms with Gasteiger partial charge in [-0.05, 0) is 45.8 Å². The maximum Gasteiger partial charge on any atom is 0.0192 e. The van der Waals surface area contributed by atoms with Crippen LogP contribution in [0.1, 0.15) is 71.6 Å². The van der Waals surface area contributed by atoms with Gasteiger partial charge in [0.25, 0.3) is 0 Å². The molecule has 1 aliphatic heterocycles. The van der Waals surface area contributed by atoms with Gasteiger partial charge in [-0.2, -0.15) is 0 Å². The van der Waals surface area contributed by atoms with E-state index in [2.05, 4.69) is 24.1 Å². The lowest BCUT2D eigenvalue weighted by Crippen LogP contribution is -2.43. The van der Waals surface area contributed by atoms with E-state index in [4.69, 9.17) is 0 Å². The number of hydrogen-bond acceptors (Lipinski definition) is 2. The fourth-order valence-electron chi connectivity index (χ4n) is 2.83. The summed E-state index contributed by atoms with van der Waals surface area (Å²) in [5.74, 6) is 0. The summed E-state index contributed by atoms with van der Waals surface area (Å²) >= 11 is 0. The summed E-state index contributed by atoms with van der Waals surface area (Å²) in [6, 6.07) is 0.727. The summed E-state index contributed by atoms with van der Waals surface area (Å²) in [5, 5.41) is 3.63. The summed E-state index contributed by atoms with van der Waals surface area (Å²) in [7, 11) is 0. The third-order valence-electron chi connectivity index (χ3n) is 4.16. The van der Waals surface area contributed by atoms with Gasteiger partial charge in [-0.25, -0.2) is 0 Å². The minimum absolute atomic E-state index is 0.727. The standard InChI is InChI=1S/C16H34N2/c1-3-4-5-6-7-9-12-17-15-16(2)18-13-10-8-11-14-18/h16-17H,3-15H2,1-2H3. The van der Waals surface area contributed by atoms with Crippen LogP contribution in [0, 0.1) is 0 Å². The molecule has 0 bridgehead atoms. The smallest absolute Gasteiger partial charge is 0.0192 e. The Bertz CT molecular complexity index is 176. The predicted octanol–water partition coefficient (Wildman–Crippen LogP) is 3.81. The highest BCUT2D eigenvalue weighted by atomic mass is 15.2. The number of rotatable bonds is 10. The zero-order valence-corrected chi connectivity index (χ0v) is 12.7. The molecule has 0 spiro atoms. The second kappa shape index (κ2) is 10.8. The molecular weight excluding hydrogens is 220 g/mol. The average molecular weight is 254 g/mol. The molecule has 1 unspecified atom stereocenters. The van der Waals surface area contributed by atoms with Crippen molar-refractivity contribution in [2.24, 2.45) is 0 Å². The zero-order chi connectivity index (χ0) is 13.1. The summed E-state index contributed by atoms with van der Waals surface area (Å²) < 4.78 is 0. The van der Waals surface area contributed by atoms with Crippen LogP contribution in [0.25, 0.3) is 0 Å². The van der Waals surface area contributed by atoms with Crippen LogP contribution >= 0.6 is 0 Å². The van der Waals surface area contributed by atoms with Crippen LogP contribution < -0.4 is 5.32 Å². The molecule has 18 heavy (non-hydrogen) atoms. The average Bonchev–Trinajstić information content (AvgIpc) is 2.42. The van der Waals surface area contributed by atoms with Gasteiger partial charge in [0.1, 0.15) is 0 Å². The van der Waals surface area contributed by atoms with Gasteiger partial charge in [0.15, 0.2) is 0 Å². The fourth-order valence-corrected chi connectivity index (χ4v) is 2.83. The Morgan fingerprint density at radius 2 is 1.61 bits per heavy atom. The van der Waals surface area contributed by atoms with Gasteiger partial charge < -0.3 is 5.32 Å². The molecular formula is C16H34N2. The first-order valence-corrected chi connectivity index (χ1v) is 8.29. The van der Waals surface area contributed by atoms with Gasteiger partial charge >= 0.3 is 0 Å². The number of nitrogens with zero attached hydrogens (tertiary/aromatic N) is 1. The highest BCUT2D eigenvalue weighted by Crippen LogP contribution is 2.11. The van der Waals surface area contributed by atoms with Gasteiger partial charge in [0.05, 0.1) is 0 Å². The number of unbranched alkanes of at least 4 members (excludes halogenated alkanes) is 5. The summed E-state index contributed by atoms with van der Waals surface area (Å²) in [6.45, 7) is 9.68. The van der Waals surface area contributed by atoms with Crippen LogP contribution in [0.15, 0.2) is 0 Å². The Kier molecular flexibility index (Phi) is 9.59. The molecule has 1 heterocycles. The third kappa shape index (κ3) is 7.38. The lowest BCUT2D eigenvalue weighted by atomic mass is 10.1. The SMILES string of the molecule is CCCCCCCCNCC(C)N1CCCCC1. The van der Waals surface area contributed by atoms with Gasteiger partial charge in [0.2, 0.25) is 0 Å². The highest BCUT2D eigenvalue weighted by molar-refractivity contribution is 4.73. The van der Waals surface area contributed by atoms with Gasteiger partial charge in [-0.3, -0.25) is 4.90 Å². The van der Waals surface area contributed by atoms with Crippen LogP contribution in [0.2, 0.25) is 0 Å². The Balaban J connectivity index is 1.87. The Morgan fingerprint density at radius 3 is 2.33 bits per heavy atom. The third-order valence-corrected chi connectivity index (χ3v) is 4.16. The number of piperidine rings is 1. The van der Waals surface area contributed by atoms with Crippen LogP contribution in [0.5, 0.6) is 0 Å². The maximum absolute atomic E-state index is 3.63. The highest BCUT2D eigenvalue weighted by Gasteiger charge is 2.15. The zero-order valence-electron chi connectivity index (χ0n) is 12.7. The minimum atomic E-state index is 0.727. The molecule has 0 aromatic carbocycles. The van der Waals surface area contributed by atoms with E-state index in [1.54, 1.807) is 0 Å². The number of nitrogens with one attached hydrogen (secondary N) is 1. The molecule has 1 rings (SSSR count). The van der Waals surface area contributed by atoms with E-state index in [1.165, 1.54) is 84.0 Å². The van der Waals surface area contributed by atoms with Crippen molar-refractivity contribution in [3.05, 3.63) is 0 Å². The number of hydrogen-bond donors (Lipinski definition) is 1. The van der Waals surface area contributed by atoms with Crippen molar-refractivity contribution < 1.29 is 0 Å². The lowest BCUT2D eigenvalue weighted by molar-refractivity contribution is 0.171. The molecule has 0 amide bonds. The molecule has 108 valence electrons. The first-order chi connectivity index (χ1) is 8.84. The van der Waals surface area contributed by atoms with Crippen molar-refractivity contribution in [1.29, 1.82) is 0 Å². The molecule has 1 aliphatic rings. The van der Waals surface area contributed by atoms with Crippen LogP contribution in [0.3, 0.4) is 0 Å². The van der Waals surface area contributed by atoms with Crippen LogP contribution in [-0.4, -0.2) is 37.1 Å². The Labute approximate surface area is 115 Å². The van der Waals surface area contributed by atoms with Crippen molar-refractivity contribution in [3.8, 4) is 0 Å². The van der Waals surface area contributed by atoms with E-state index in [0.717, 1.165) is 6.04 Å². The van der Waals surface area contributed by atoms with Crippen molar-refractivity contribution >= 4 is 0 Å². The summed E-state index contributed by atoms with van der Waals surface area (Å²) in [6.07, 6.45) is 12.6. The van der Waals surface area contributed by atoms with Crippen molar-refractivity contribution in [3.63, 3.8) is 0 Å². The molecule has 0 aliphatic carbocycles. The molecule has 0 aromatic rings. The van der Waals surface area contributed by atoms with E-state index in [0.29, 0.717) is 0 Å². The van der Waals surface area contributed by atoms with E-state index in [1.807, 2.05) is 0 Å². The molecule has 2 nitrogen and oxygen atoms in total. The Morgan fingerprint density at radius 1 is 0.944 bits per heavy atom. The van der Waals surface area contributed by atoms with E-state index in [-0.39, 0.29) is 0 Å². The van der Waals surface area contributed by atoms with Gasteiger partial charge in [-0.1, -0.05) is 45.4 Å². The largest absolute Gasteiger partial charge is 0.315 e. The van der Waals surface area contributed by atoms with Crippen molar-refractivity contribution in [2.45, 2.75) is 77.7 Å². The maximum atomic E-state index is 3.63. The molecule has 1 atom stereocenters. The minimum Gasteiger partial charge on any atom is -0.315 e. The van der Waals surface area contributed by atoms with Gasteiger partial charge in [0, 0.05) is 12.6 Å². The molecule has 1 saturated heterocycles. The van der Waals surface area contributed by atoms with E-state index >= 15 is 0 Å². The normalized spacial score (nSPS) is 19.0. The first kappa shape index (κ1) is 16.0. The topological polar surface area (TPSA) is 15.3 Å². The molecule has 1 fully saturated rings.